The van der Waals surface area contributed by atoms with Crippen LogP contribution in [0, 0.1) is 5.92 Å². The fraction of sp³-hybridized carbons (Fsp3) is 0.625. The first-order valence-corrected chi connectivity index (χ1v) is 13.8. The van der Waals surface area contributed by atoms with Gasteiger partial charge >= 0.3 is 11.9 Å². The molecular formula is C24H35N3O7S. The summed E-state index contributed by atoms with van der Waals surface area (Å²) in [6.07, 6.45) is 2.88. The summed E-state index contributed by atoms with van der Waals surface area (Å²) < 4.78 is 30.7. The number of carbonyl (C=O) groups is 3. The average molecular weight is 510 g/mol. The second kappa shape index (κ2) is 11.5. The predicted octanol–water partition coefficient (Wildman–Crippen LogP) is 0.865. The summed E-state index contributed by atoms with van der Waals surface area (Å²) in [5, 5.41) is 12.9. The molecule has 0 saturated carbocycles. The number of piperidine rings is 1. The van der Waals surface area contributed by atoms with Gasteiger partial charge in [-0.1, -0.05) is 30.3 Å². The fourth-order valence-corrected chi connectivity index (χ4v) is 5.94. The van der Waals surface area contributed by atoms with Gasteiger partial charge in [0, 0.05) is 19.1 Å². The number of fused-ring (bicyclic) bond motifs is 1. The van der Waals surface area contributed by atoms with E-state index in [2.05, 4.69) is 5.32 Å². The van der Waals surface area contributed by atoms with E-state index in [4.69, 9.17) is 4.74 Å². The number of aryl methyl sites for hydroxylation is 1. The molecule has 10 nitrogen and oxygen atoms in total. The summed E-state index contributed by atoms with van der Waals surface area (Å²) >= 11 is 0. The number of nitrogens with one attached hydrogen (secondary N) is 1. The van der Waals surface area contributed by atoms with Gasteiger partial charge in [-0.05, 0) is 51.0 Å². The number of esters is 1. The molecule has 0 unspecified atom stereocenters. The molecule has 194 valence electrons. The molecule has 35 heavy (non-hydrogen) atoms. The standard InChI is InChI=1S/C24H35N3O7S/c1-4-34-24(31)19(11-10-17-8-6-5-7-9-17)25-16(2)22(28)27-20(23(29)30)14-18-12-13-26(15-21(18)27)35(3,32)33/h5-9,16,18-21,25H,4,10-15H2,1-3H3,(H,29,30)/t16-,18-,19+,20+,21+/m1/s1. The minimum absolute atomic E-state index is 0.0705. The predicted molar refractivity (Wildman–Crippen MR) is 129 cm³/mol. The number of carbonyl (C=O) groups excluding carboxylic acids is 2. The minimum atomic E-state index is -3.47. The number of ether oxygens (including phenoxy) is 1. The van der Waals surface area contributed by atoms with Crippen LogP contribution in [0.4, 0.5) is 0 Å². The number of carboxylic acids is 1. The van der Waals surface area contributed by atoms with Crippen molar-refractivity contribution in [2.24, 2.45) is 5.92 Å². The molecule has 11 heteroatoms. The Labute approximate surface area is 206 Å². The lowest BCUT2D eigenvalue weighted by atomic mass is 9.92. The maximum absolute atomic E-state index is 13.5. The van der Waals surface area contributed by atoms with Gasteiger partial charge in [-0.25, -0.2) is 17.5 Å². The Bertz CT molecular complexity index is 1020. The molecule has 2 fully saturated rings. The number of amides is 1. The number of hydrogen-bond donors (Lipinski definition) is 2. The highest BCUT2D eigenvalue weighted by atomic mass is 32.2. The topological polar surface area (TPSA) is 133 Å². The Balaban J connectivity index is 1.76. The highest BCUT2D eigenvalue weighted by Crippen LogP contribution is 2.37. The monoisotopic (exact) mass is 509 g/mol. The van der Waals surface area contributed by atoms with Crippen LogP contribution in [0.15, 0.2) is 30.3 Å². The smallest absolute Gasteiger partial charge is 0.326 e. The molecule has 2 aliphatic heterocycles. The van der Waals surface area contributed by atoms with Crippen molar-refractivity contribution in [3.05, 3.63) is 35.9 Å². The average Bonchev–Trinajstić information content (AvgIpc) is 3.20. The van der Waals surface area contributed by atoms with Gasteiger partial charge in [-0.2, -0.15) is 0 Å². The zero-order valence-electron chi connectivity index (χ0n) is 20.4. The Morgan fingerprint density at radius 1 is 1.23 bits per heavy atom. The molecule has 1 aromatic rings. The fourth-order valence-electron chi connectivity index (χ4n) is 5.08. The van der Waals surface area contributed by atoms with E-state index >= 15 is 0 Å². The Kier molecular flexibility index (Phi) is 8.89. The number of carboxylic acid groups (broad SMARTS) is 1. The van der Waals surface area contributed by atoms with Gasteiger partial charge in [0.1, 0.15) is 12.1 Å². The van der Waals surface area contributed by atoms with Crippen molar-refractivity contribution < 1.29 is 32.6 Å². The summed E-state index contributed by atoms with van der Waals surface area (Å²) in [5.41, 5.74) is 1.04. The van der Waals surface area contributed by atoms with Crippen LogP contribution in [0.25, 0.3) is 0 Å². The van der Waals surface area contributed by atoms with Gasteiger partial charge < -0.3 is 14.7 Å². The second-order valence-electron chi connectivity index (χ2n) is 9.29. The lowest BCUT2D eigenvalue weighted by Crippen LogP contribution is -2.58. The number of nitrogens with zero attached hydrogens (tertiary/aromatic N) is 2. The van der Waals surface area contributed by atoms with E-state index in [1.165, 1.54) is 9.21 Å². The maximum Gasteiger partial charge on any atom is 0.326 e. The lowest BCUT2D eigenvalue weighted by molar-refractivity contribution is -0.152. The van der Waals surface area contributed by atoms with Crippen molar-refractivity contribution in [3.63, 3.8) is 0 Å². The second-order valence-corrected chi connectivity index (χ2v) is 11.3. The minimum Gasteiger partial charge on any atom is -0.480 e. The Morgan fingerprint density at radius 3 is 2.51 bits per heavy atom. The first-order chi connectivity index (χ1) is 16.5. The van der Waals surface area contributed by atoms with Crippen molar-refractivity contribution in [1.82, 2.24) is 14.5 Å². The summed E-state index contributed by atoms with van der Waals surface area (Å²) in [6, 6.07) is 6.45. The van der Waals surface area contributed by atoms with Crippen molar-refractivity contribution in [2.45, 2.75) is 63.7 Å². The number of hydrogen-bond acceptors (Lipinski definition) is 7. The number of likely N-dealkylation sites (tertiary alicyclic amines) is 1. The van der Waals surface area contributed by atoms with E-state index in [9.17, 15) is 27.9 Å². The third-order valence-electron chi connectivity index (χ3n) is 6.87. The molecule has 0 aromatic heterocycles. The number of aliphatic carboxylic acids is 1. The van der Waals surface area contributed by atoms with Crippen LogP contribution in [0.5, 0.6) is 0 Å². The van der Waals surface area contributed by atoms with Crippen LogP contribution < -0.4 is 5.32 Å². The molecule has 0 bridgehead atoms. The van der Waals surface area contributed by atoms with Crippen LogP contribution in [0.3, 0.4) is 0 Å². The number of benzene rings is 1. The molecule has 3 rings (SSSR count). The van der Waals surface area contributed by atoms with Crippen LogP contribution in [0.2, 0.25) is 0 Å². The lowest BCUT2D eigenvalue weighted by Gasteiger charge is -2.39. The van der Waals surface area contributed by atoms with Crippen LogP contribution in [-0.4, -0.2) is 90.7 Å². The van der Waals surface area contributed by atoms with Gasteiger partial charge in [0.2, 0.25) is 15.9 Å². The van der Waals surface area contributed by atoms with E-state index in [0.717, 1.165) is 11.8 Å². The van der Waals surface area contributed by atoms with E-state index < -0.39 is 52.0 Å². The van der Waals surface area contributed by atoms with E-state index in [0.29, 0.717) is 25.8 Å². The molecule has 1 amide bonds. The first kappa shape index (κ1) is 27.1. The maximum atomic E-state index is 13.5. The summed E-state index contributed by atoms with van der Waals surface area (Å²) in [5.74, 6) is -2.14. The van der Waals surface area contributed by atoms with Crippen LogP contribution >= 0.6 is 0 Å². The normalized spacial score (nSPS) is 24.4. The zero-order chi connectivity index (χ0) is 25.8. The molecule has 0 radical (unpaired) electrons. The molecular weight excluding hydrogens is 474 g/mol. The molecule has 0 aliphatic carbocycles. The van der Waals surface area contributed by atoms with Crippen molar-refractivity contribution in [2.75, 3.05) is 26.0 Å². The summed E-state index contributed by atoms with van der Waals surface area (Å²) in [4.78, 5) is 39.5. The van der Waals surface area contributed by atoms with Crippen molar-refractivity contribution >= 4 is 27.9 Å². The third-order valence-corrected chi connectivity index (χ3v) is 8.14. The highest BCUT2D eigenvalue weighted by Gasteiger charge is 2.50. The van der Waals surface area contributed by atoms with Gasteiger partial charge in [-0.3, -0.25) is 14.9 Å². The number of rotatable bonds is 10. The Hall–Kier alpha value is -2.50. The van der Waals surface area contributed by atoms with Crippen LogP contribution in [0.1, 0.15) is 38.7 Å². The molecule has 2 heterocycles. The van der Waals surface area contributed by atoms with Crippen molar-refractivity contribution in [1.29, 1.82) is 0 Å². The molecule has 1 aromatic carbocycles. The Morgan fingerprint density at radius 2 is 1.91 bits per heavy atom. The summed E-state index contributed by atoms with van der Waals surface area (Å²) in [6.45, 7) is 3.89. The SMILES string of the molecule is CCOC(=O)[C@H](CCc1ccccc1)N[C@H](C)C(=O)N1[C@H](C(=O)O)C[C@H]2CCN(S(C)(=O)=O)C[C@@H]21. The molecule has 5 atom stereocenters. The molecule has 2 saturated heterocycles. The molecule has 0 spiro atoms. The number of sulfonamides is 1. The van der Waals surface area contributed by atoms with Gasteiger partial charge in [0.25, 0.3) is 0 Å². The summed E-state index contributed by atoms with van der Waals surface area (Å²) in [7, 11) is -3.47. The van der Waals surface area contributed by atoms with Gasteiger partial charge in [-0.15, -0.1) is 0 Å². The first-order valence-electron chi connectivity index (χ1n) is 12.0. The quantitative estimate of drug-likeness (QED) is 0.444. The van der Waals surface area contributed by atoms with E-state index in [-0.39, 0.29) is 25.5 Å². The van der Waals surface area contributed by atoms with Crippen molar-refractivity contribution in [3.8, 4) is 0 Å². The van der Waals surface area contributed by atoms with E-state index in [1.807, 2.05) is 30.3 Å². The van der Waals surface area contributed by atoms with Crippen LogP contribution in [-0.2, 0) is 35.6 Å². The zero-order valence-corrected chi connectivity index (χ0v) is 21.2. The third kappa shape index (κ3) is 6.59. The van der Waals surface area contributed by atoms with Gasteiger partial charge in [0.05, 0.1) is 18.9 Å². The highest BCUT2D eigenvalue weighted by molar-refractivity contribution is 7.88. The van der Waals surface area contributed by atoms with E-state index in [1.54, 1.807) is 13.8 Å². The van der Waals surface area contributed by atoms with Gasteiger partial charge in [0.15, 0.2) is 0 Å². The largest absolute Gasteiger partial charge is 0.480 e. The molecule has 2 aliphatic rings. The molecule has 2 N–H and O–H groups in total.